The molecule has 0 spiro atoms. The van der Waals surface area contributed by atoms with Crippen LogP contribution in [-0.2, 0) is 4.84 Å². The van der Waals surface area contributed by atoms with Crippen molar-refractivity contribution in [3.63, 3.8) is 0 Å². The molecule has 0 bridgehead atoms. The maximum atomic E-state index is 5.40. The Hall–Kier alpha value is -2.27. The van der Waals surface area contributed by atoms with Crippen molar-refractivity contribution in [2.24, 2.45) is 5.16 Å². The van der Waals surface area contributed by atoms with Gasteiger partial charge in [-0.1, -0.05) is 35.5 Å². The van der Waals surface area contributed by atoms with Gasteiger partial charge >= 0.3 is 0 Å². The van der Waals surface area contributed by atoms with E-state index in [9.17, 15) is 0 Å². The molecule has 1 atom stereocenters. The largest absolute Gasteiger partial charge is 0.464 e. The minimum atomic E-state index is -0.391. The highest BCUT2D eigenvalue weighted by Gasteiger charge is 2.25. The fraction of sp³-hybridized carbons (Fsp3) is 0.154. The van der Waals surface area contributed by atoms with Crippen LogP contribution in [0.25, 0.3) is 0 Å². The fourth-order valence-electron chi connectivity index (χ4n) is 1.81. The fourth-order valence-corrected chi connectivity index (χ4v) is 1.81. The molecule has 0 amide bonds. The number of nitrogens with zero attached hydrogens (tertiary/aromatic N) is 2. The van der Waals surface area contributed by atoms with Crippen molar-refractivity contribution in [2.75, 3.05) is 7.05 Å². The van der Waals surface area contributed by atoms with Crippen LogP contribution in [0.1, 0.15) is 17.6 Å². The van der Waals surface area contributed by atoms with Gasteiger partial charge in [0.2, 0.25) is 0 Å². The molecule has 5 nitrogen and oxygen atoms in total. The summed E-state index contributed by atoms with van der Waals surface area (Å²) in [6.45, 7) is 0. The van der Waals surface area contributed by atoms with E-state index in [0.29, 0.717) is 5.76 Å². The number of benzene rings is 1. The van der Waals surface area contributed by atoms with E-state index < -0.39 is 6.23 Å². The van der Waals surface area contributed by atoms with Gasteiger partial charge in [0.05, 0.1) is 6.26 Å². The van der Waals surface area contributed by atoms with Crippen LogP contribution in [0.2, 0.25) is 0 Å². The van der Waals surface area contributed by atoms with Gasteiger partial charge in [-0.2, -0.15) is 5.43 Å². The van der Waals surface area contributed by atoms with Gasteiger partial charge in [-0.3, -0.25) is 5.01 Å². The van der Waals surface area contributed by atoms with Crippen LogP contribution in [0.15, 0.2) is 58.3 Å². The van der Waals surface area contributed by atoms with E-state index in [1.54, 1.807) is 6.26 Å². The summed E-state index contributed by atoms with van der Waals surface area (Å²) in [6, 6.07) is 13.5. The first-order chi connectivity index (χ1) is 8.84. The zero-order chi connectivity index (χ0) is 12.4. The second-order valence-corrected chi connectivity index (χ2v) is 3.97. The molecule has 0 aliphatic carbocycles. The highest BCUT2D eigenvalue weighted by atomic mass is 16.7. The van der Waals surface area contributed by atoms with Gasteiger partial charge in [0.15, 0.2) is 11.6 Å². The summed E-state index contributed by atoms with van der Waals surface area (Å²) in [5.41, 5.74) is 4.14. The zero-order valence-corrected chi connectivity index (χ0v) is 9.91. The first kappa shape index (κ1) is 10.9. The van der Waals surface area contributed by atoms with Gasteiger partial charge in [-0.15, -0.1) is 0 Å². The molecule has 1 aliphatic rings. The van der Waals surface area contributed by atoms with Crippen LogP contribution in [-0.4, -0.2) is 17.9 Å². The third-order valence-electron chi connectivity index (χ3n) is 2.71. The van der Waals surface area contributed by atoms with Crippen LogP contribution >= 0.6 is 0 Å². The molecule has 0 radical (unpaired) electrons. The molecule has 18 heavy (non-hydrogen) atoms. The van der Waals surface area contributed by atoms with Crippen LogP contribution in [0, 0.1) is 0 Å². The minimum absolute atomic E-state index is 0.391. The first-order valence-electron chi connectivity index (χ1n) is 5.67. The number of hydrogen-bond donors (Lipinski definition) is 1. The first-order valence-corrected chi connectivity index (χ1v) is 5.67. The maximum absolute atomic E-state index is 5.40. The summed E-state index contributed by atoms with van der Waals surface area (Å²) < 4.78 is 5.28. The molecule has 0 fully saturated rings. The molecule has 1 aromatic heterocycles. The molecule has 1 N–H and O–H groups in total. The lowest BCUT2D eigenvalue weighted by molar-refractivity contribution is -0.0359. The summed E-state index contributed by atoms with van der Waals surface area (Å²) in [5.74, 6) is 1.43. The number of furan rings is 1. The van der Waals surface area contributed by atoms with Crippen molar-refractivity contribution >= 4 is 5.84 Å². The maximum Gasteiger partial charge on any atom is 0.253 e. The predicted octanol–water partition coefficient (Wildman–Crippen LogP) is 2.11. The topological polar surface area (TPSA) is 50.0 Å². The van der Waals surface area contributed by atoms with Crippen molar-refractivity contribution in [3.8, 4) is 0 Å². The van der Waals surface area contributed by atoms with Gasteiger partial charge in [-0.05, 0) is 12.1 Å². The highest BCUT2D eigenvalue weighted by Crippen LogP contribution is 2.20. The number of oxime groups is 1. The molecule has 0 saturated heterocycles. The second kappa shape index (κ2) is 4.54. The van der Waals surface area contributed by atoms with E-state index in [0.717, 1.165) is 11.4 Å². The Morgan fingerprint density at radius 2 is 2.00 bits per heavy atom. The number of hydrogen-bond acceptors (Lipinski definition) is 5. The molecule has 92 valence electrons. The Morgan fingerprint density at radius 1 is 1.17 bits per heavy atom. The van der Waals surface area contributed by atoms with Crippen molar-refractivity contribution < 1.29 is 9.25 Å². The minimum Gasteiger partial charge on any atom is -0.464 e. The summed E-state index contributed by atoms with van der Waals surface area (Å²) >= 11 is 0. The molecular formula is C13H13N3O2. The lowest BCUT2D eigenvalue weighted by Gasteiger charge is -2.30. The van der Waals surface area contributed by atoms with E-state index in [-0.39, 0.29) is 0 Å². The normalized spacial score (nSPS) is 19.3. The Labute approximate surface area is 105 Å². The van der Waals surface area contributed by atoms with Crippen LogP contribution in [0.5, 0.6) is 0 Å². The molecule has 1 unspecified atom stereocenters. The average Bonchev–Trinajstić information content (AvgIpc) is 2.93. The second-order valence-electron chi connectivity index (χ2n) is 3.97. The molecule has 1 aliphatic heterocycles. The van der Waals surface area contributed by atoms with Gasteiger partial charge < -0.3 is 9.25 Å². The average molecular weight is 243 g/mol. The van der Waals surface area contributed by atoms with E-state index in [1.807, 2.05) is 54.5 Å². The Bertz CT molecular complexity index is 537. The van der Waals surface area contributed by atoms with E-state index in [1.165, 1.54) is 0 Å². The Kier molecular flexibility index (Phi) is 2.74. The van der Waals surface area contributed by atoms with Crippen molar-refractivity contribution in [2.45, 2.75) is 6.23 Å². The zero-order valence-electron chi connectivity index (χ0n) is 9.91. The van der Waals surface area contributed by atoms with E-state index in [2.05, 4.69) is 10.6 Å². The van der Waals surface area contributed by atoms with E-state index >= 15 is 0 Å². The monoisotopic (exact) mass is 243 g/mol. The molecule has 3 rings (SSSR count). The van der Waals surface area contributed by atoms with Crippen LogP contribution in [0.3, 0.4) is 0 Å². The van der Waals surface area contributed by atoms with E-state index in [4.69, 9.17) is 9.25 Å². The predicted molar refractivity (Wildman–Crippen MR) is 66.4 cm³/mol. The van der Waals surface area contributed by atoms with Gasteiger partial charge in [0.25, 0.3) is 6.23 Å². The summed E-state index contributed by atoms with van der Waals surface area (Å²) in [7, 11) is 1.89. The SMILES string of the molecule is CN1NC(c2ccco2)ON=C1c1ccccc1. The molecule has 2 aromatic rings. The van der Waals surface area contributed by atoms with Gasteiger partial charge in [0.1, 0.15) is 0 Å². The lowest BCUT2D eigenvalue weighted by Crippen LogP contribution is -2.46. The third-order valence-corrected chi connectivity index (χ3v) is 2.71. The van der Waals surface area contributed by atoms with Crippen molar-refractivity contribution in [1.29, 1.82) is 0 Å². The standard InChI is InChI=1S/C13H13N3O2/c1-16-12(10-6-3-2-4-7-10)15-18-13(14-16)11-8-5-9-17-11/h2-9,13-14H,1H3. The number of hydrazine groups is 1. The molecule has 2 heterocycles. The Balaban J connectivity index is 1.84. The van der Waals surface area contributed by atoms with Crippen molar-refractivity contribution in [1.82, 2.24) is 10.4 Å². The summed E-state index contributed by atoms with van der Waals surface area (Å²) in [5, 5.41) is 5.96. The quantitative estimate of drug-likeness (QED) is 0.877. The number of amidine groups is 1. The molecule has 5 heteroatoms. The Morgan fingerprint density at radius 3 is 2.67 bits per heavy atom. The van der Waals surface area contributed by atoms with Gasteiger partial charge in [-0.25, -0.2) is 0 Å². The molecule has 0 saturated carbocycles. The highest BCUT2D eigenvalue weighted by molar-refractivity contribution is 5.98. The molecule has 1 aromatic carbocycles. The summed E-state index contributed by atoms with van der Waals surface area (Å²) in [6.07, 6.45) is 1.22. The lowest BCUT2D eigenvalue weighted by atomic mass is 10.2. The molecular weight excluding hydrogens is 230 g/mol. The van der Waals surface area contributed by atoms with Crippen molar-refractivity contribution in [3.05, 3.63) is 60.1 Å². The van der Waals surface area contributed by atoms with Gasteiger partial charge in [0, 0.05) is 12.6 Å². The number of rotatable bonds is 2. The number of nitrogens with one attached hydrogen (secondary N) is 1. The third kappa shape index (κ3) is 1.96. The van der Waals surface area contributed by atoms with Crippen LogP contribution < -0.4 is 5.43 Å². The smallest absolute Gasteiger partial charge is 0.253 e. The summed E-state index contributed by atoms with van der Waals surface area (Å²) in [4.78, 5) is 5.40. The van der Waals surface area contributed by atoms with Crippen LogP contribution in [0.4, 0.5) is 0 Å².